The molecule has 0 saturated carbocycles. The second-order valence-electron chi connectivity index (χ2n) is 14.3. The number of rotatable bonds is 37. The van der Waals surface area contributed by atoms with Crippen molar-refractivity contribution in [2.24, 2.45) is 0 Å². The summed E-state index contributed by atoms with van der Waals surface area (Å²) < 4.78 is 32.3. The monoisotopic (exact) mass is 674 g/mol. The van der Waals surface area contributed by atoms with Crippen LogP contribution in [-0.2, 0) is 14.9 Å². The average molecular weight is 674 g/mol. The van der Waals surface area contributed by atoms with Crippen molar-refractivity contribution in [1.29, 1.82) is 0 Å². The summed E-state index contributed by atoms with van der Waals surface area (Å²) in [6.07, 6.45) is 39.4. The number of amides is 1. The van der Waals surface area contributed by atoms with E-state index in [9.17, 15) is 22.9 Å². The molecule has 3 N–H and O–H groups in total. The maximum Gasteiger partial charge on any atom is 0.266 e. The van der Waals surface area contributed by atoms with Gasteiger partial charge in [-0.1, -0.05) is 206 Å². The minimum absolute atomic E-state index is 0.243. The molecule has 0 aliphatic heterocycles. The fourth-order valence-electron chi connectivity index (χ4n) is 6.51. The first kappa shape index (κ1) is 45.3. The first-order valence-corrected chi connectivity index (χ1v) is 21.8. The lowest BCUT2D eigenvalue weighted by Crippen LogP contribution is -2.47. The third-order valence-corrected chi connectivity index (χ3v) is 10.3. The molecule has 2 unspecified atom stereocenters. The normalized spacial score (nSPS) is 13.2. The minimum Gasteiger partial charge on any atom is -0.391 e. The molecule has 0 bridgehead atoms. The van der Waals surface area contributed by atoms with Crippen molar-refractivity contribution in [3.05, 3.63) is 0 Å². The zero-order valence-electron chi connectivity index (χ0n) is 30.7. The lowest BCUT2D eigenvalue weighted by Gasteiger charge is -2.23. The van der Waals surface area contributed by atoms with Crippen molar-refractivity contribution in [1.82, 2.24) is 5.32 Å². The van der Waals surface area contributed by atoms with E-state index >= 15 is 0 Å². The Morgan fingerprint density at radius 3 is 1.09 bits per heavy atom. The summed E-state index contributed by atoms with van der Waals surface area (Å²) in [5.74, 6) is -0.886. The largest absolute Gasteiger partial charge is 0.391 e. The highest BCUT2D eigenvalue weighted by molar-refractivity contribution is 7.85. The zero-order valence-corrected chi connectivity index (χ0v) is 31.5. The van der Waals surface area contributed by atoms with Gasteiger partial charge in [0.1, 0.15) is 0 Å². The summed E-state index contributed by atoms with van der Waals surface area (Å²) in [5.41, 5.74) is 0. The average Bonchev–Trinajstić information content (AvgIpc) is 3.01. The van der Waals surface area contributed by atoms with Crippen LogP contribution in [0.1, 0.15) is 226 Å². The van der Waals surface area contributed by atoms with Crippen LogP contribution < -0.4 is 5.32 Å². The van der Waals surface area contributed by atoms with E-state index in [1.165, 1.54) is 161 Å². The van der Waals surface area contributed by atoms with Crippen LogP contribution in [0, 0.1) is 0 Å². The predicted octanol–water partition coefficient (Wildman–Crippen LogP) is 11.6. The molecule has 0 fully saturated rings. The lowest BCUT2D eigenvalue weighted by molar-refractivity contribution is -0.122. The lowest BCUT2D eigenvalue weighted by atomic mass is 10.0. The van der Waals surface area contributed by atoms with Gasteiger partial charge < -0.3 is 10.4 Å². The Hall–Kier alpha value is -0.660. The maximum absolute atomic E-state index is 12.5. The SMILES string of the molecule is CCCCCCCCCCCCCCCCCCCCCCCCCC(=O)NC(CS(=O)(=O)O)C(O)CCCCCCCCCC. The van der Waals surface area contributed by atoms with Crippen molar-refractivity contribution in [3.8, 4) is 0 Å². The fraction of sp³-hybridized carbons (Fsp3) is 0.974. The van der Waals surface area contributed by atoms with Crippen LogP contribution in [0.4, 0.5) is 0 Å². The van der Waals surface area contributed by atoms with Gasteiger partial charge in [-0.3, -0.25) is 9.35 Å². The molecule has 1 amide bonds. The summed E-state index contributed by atoms with van der Waals surface area (Å²) in [4.78, 5) is 12.5. The van der Waals surface area contributed by atoms with Crippen molar-refractivity contribution in [3.63, 3.8) is 0 Å². The summed E-state index contributed by atoms with van der Waals surface area (Å²) in [7, 11) is -4.29. The fourth-order valence-corrected chi connectivity index (χ4v) is 7.27. The molecule has 0 radical (unpaired) electrons. The number of carbonyl (C=O) groups is 1. The van der Waals surface area contributed by atoms with E-state index in [2.05, 4.69) is 19.2 Å². The smallest absolute Gasteiger partial charge is 0.266 e. The number of aliphatic hydroxyl groups excluding tert-OH is 1. The van der Waals surface area contributed by atoms with Gasteiger partial charge in [0.2, 0.25) is 5.91 Å². The predicted molar refractivity (Wildman–Crippen MR) is 198 cm³/mol. The van der Waals surface area contributed by atoms with Crippen LogP contribution in [0.15, 0.2) is 0 Å². The number of carbonyl (C=O) groups excluding carboxylic acids is 1. The van der Waals surface area contributed by atoms with Gasteiger partial charge in [-0.15, -0.1) is 0 Å². The topological polar surface area (TPSA) is 104 Å². The molecule has 276 valence electrons. The van der Waals surface area contributed by atoms with E-state index in [1.54, 1.807) is 0 Å². The van der Waals surface area contributed by atoms with Crippen LogP contribution in [0.25, 0.3) is 0 Å². The maximum atomic E-state index is 12.5. The highest BCUT2D eigenvalue weighted by Crippen LogP contribution is 2.16. The molecule has 46 heavy (non-hydrogen) atoms. The van der Waals surface area contributed by atoms with Crippen LogP contribution in [0.5, 0.6) is 0 Å². The van der Waals surface area contributed by atoms with Crippen LogP contribution in [-0.4, -0.2) is 41.9 Å². The Kier molecular flexibility index (Phi) is 33.7. The summed E-state index contributed by atoms with van der Waals surface area (Å²) in [5, 5.41) is 13.2. The summed E-state index contributed by atoms with van der Waals surface area (Å²) >= 11 is 0. The molecule has 0 spiro atoms. The molecule has 0 aromatic carbocycles. The van der Waals surface area contributed by atoms with E-state index in [4.69, 9.17) is 0 Å². The summed E-state index contributed by atoms with van der Waals surface area (Å²) in [6, 6.07) is -0.961. The van der Waals surface area contributed by atoms with Gasteiger partial charge in [-0.05, 0) is 12.8 Å². The molecule has 0 heterocycles. The number of aliphatic hydroxyl groups is 1. The van der Waals surface area contributed by atoms with E-state index in [0.717, 1.165) is 38.5 Å². The first-order valence-electron chi connectivity index (χ1n) is 20.2. The minimum atomic E-state index is -4.29. The Bertz CT molecular complexity index is 745. The van der Waals surface area contributed by atoms with Gasteiger partial charge in [-0.2, -0.15) is 8.42 Å². The highest BCUT2D eigenvalue weighted by Gasteiger charge is 2.26. The molecule has 0 saturated heterocycles. The van der Waals surface area contributed by atoms with Crippen molar-refractivity contribution in [2.45, 2.75) is 238 Å². The Labute approximate surface area is 287 Å². The van der Waals surface area contributed by atoms with Gasteiger partial charge in [0.15, 0.2) is 0 Å². The van der Waals surface area contributed by atoms with E-state index in [-0.39, 0.29) is 5.91 Å². The molecule has 0 aliphatic carbocycles. The third-order valence-electron chi connectivity index (χ3n) is 9.56. The van der Waals surface area contributed by atoms with Crippen molar-refractivity contribution in [2.75, 3.05) is 5.75 Å². The molecule has 0 aliphatic rings. The van der Waals surface area contributed by atoms with E-state index in [0.29, 0.717) is 12.8 Å². The molecule has 2 atom stereocenters. The number of hydrogen-bond donors (Lipinski definition) is 3. The molecule has 6 nitrogen and oxygen atoms in total. The molecule has 0 aromatic rings. The van der Waals surface area contributed by atoms with Crippen molar-refractivity contribution >= 4 is 16.0 Å². The Balaban J connectivity index is 3.67. The van der Waals surface area contributed by atoms with Crippen LogP contribution in [0.2, 0.25) is 0 Å². The van der Waals surface area contributed by atoms with Crippen LogP contribution in [0.3, 0.4) is 0 Å². The van der Waals surface area contributed by atoms with Gasteiger partial charge in [0.05, 0.1) is 17.9 Å². The van der Waals surface area contributed by atoms with Gasteiger partial charge in [0, 0.05) is 6.42 Å². The van der Waals surface area contributed by atoms with E-state index in [1.807, 2.05) is 0 Å². The third kappa shape index (κ3) is 34.7. The Morgan fingerprint density at radius 2 is 0.783 bits per heavy atom. The molecular weight excluding hydrogens is 594 g/mol. The van der Waals surface area contributed by atoms with Gasteiger partial charge in [-0.25, -0.2) is 0 Å². The second-order valence-corrected chi connectivity index (χ2v) is 15.8. The van der Waals surface area contributed by atoms with Gasteiger partial charge >= 0.3 is 0 Å². The number of hydrogen-bond acceptors (Lipinski definition) is 4. The summed E-state index contributed by atoms with van der Waals surface area (Å²) in [6.45, 7) is 4.49. The standard InChI is InChI=1S/C39H79NO5S/c1-3-5-7-9-11-13-14-15-16-17-18-19-20-21-22-23-24-25-26-27-29-31-33-35-39(42)40-37(36-46(43,44)45)38(41)34-32-30-28-12-10-8-6-4-2/h37-38,41H,3-36H2,1-2H3,(H,40,42)(H,43,44,45). The Morgan fingerprint density at radius 1 is 0.500 bits per heavy atom. The number of nitrogens with one attached hydrogen (secondary N) is 1. The molecule has 7 heteroatoms. The zero-order chi connectivity index (χ0) is 34.0. The number of unbranched alkanes of at least 4 members (excludes halogenated alkanes) is 29. The highest BCUT2D eigenvalue weighted by atomic mass is 32.2. The molecular formula is C39H79NO5S. The van der Waals surface area contributed by atoms with Crippen LogP contribution >= 0.6 is 0 Å². The van der Waals surface area contributed by atoms with Crippen molar-refractivity contribution < 1.29 is 22.9 Å². The van der Waals surface area contributed by atoms with Gasteiger partial charge in [0.25, 0.3) is 10.1 Å². The second kappa shape index (κ2) is 34.2. The first-order chi connectivity index (χ1) is 22.3. The molecule has 0 rings (SSSR count). The quantitative estimate of drug-likeness (QED) is 0.0450. The molecule has 0 aromatic heterocycles. The van der Waals surface area contributed by atoms with E-state index < -0.39 is 28.0 Å².